The van der Waals surface area contributed by atoms with Gasteiger partial charge in [-0.2, -0.15) is 5.10 Å². The first kappa shape index (κ1) is 14.1. The number of carbonyl (C=O) groups excluding carboxylic acids is 1. The van der Waals surface area contributed by atoms with Gasteiger partial charge in [0.05, 0.1) is 25.0 Å². The Morgan fingerprint density at radius 2 is 2.15 bits per heavy atom. The van der Waals surface area contributed by atoms with Crippen molar-refractivity contribution in [2.45, 2.75) is 19.9 Å². The summed E-state index contributed by atoms with van der Waals surface area (Å²) in [6.45, 7) is 2.48. The molecule has 0 bridgehead atoms. The van der Waals surface area contributed by atoms with Crippen LogP contribution in [0.4, 0.5) is 16.2 Å². The predicted octanol–water partition coefficient (Wildman–Crippen LogP) is 2.08. The largest absolute Gasteiger partial charge is 0.394 e. The van der Waals surface area contributed by atoms with Crippen LogP contribution in [0.3, 0.4) is 0 Å². The van der Waals surface area contributed by atoms with Crippen LogP contribution in [0, 0.1) is 0 Å². The van der Waals surface area contributed by atoms with Gasteiger partial charge in [-0.05, 0) is 24.1 Å². The number of nitrogens with zero attached hydrogens (tertiary/aromatic N) is 2. The fraction of sp³-hybridized carbons (Fsp3) is 0.286. The van der Waals surface area contributed by atoms with E-state index in [-0.39, 0.29) is 12.6 Å². The zero-order valence-corrected chi connectivity index (χ0v) is 11.3. The molecular formula is C14H18N4O2. The van der Waals surface area contributed by atoms with Crippen LogP contribution < -0.4 is 10.6 Å². The summed E-state index contributed by atoms with van der Waals surface area (Å²) >= 11 is 0. The standard InChI is InChI=1S/C14H18N4O2/c1-2-11-4-3-5-12(8-11)16-14(20)17-13-9-15-18(10-13)6-7-19/h3-5,8-10,19H,2,6-7H2,1H3,(H2,16,17,20). The monoisotopic (exact) mass is 274 g/mol. The second-order valence-electron chi connectivity index (χ2n) is 4.35. The van der Waals surface area contributed by atoms with Crippen molar-refractivity contribution in [2.24, 2.45) is 0 Å². The fourth-order valence-corrected chi connectivity index (χ4v) is 1.82. The number of rotatable bonds is 5. The molecule has 0 radical (unpaired) electrons. The van der Waals surface area contributed by atoms with Crippen molar-refractivity contribution >= 4 is 17.4 Å². The molecule has 2 rings (SSSR count). The highest BCUT2D eigenvalue weighted by molar-refractivity contribution is 5.99. The van der Waals surface area contributed by atoms with Gasteiger partial charge in [0.25, 0.3) is 0 Å². The molecule has 2 aromatic rings. The Kier molecular flexibility index (Phi) is 4.73. The second kappa shape index (κ2) is 6.72. The molecule has 6 heteroatoms. The first-order valence-corrected chi connectivity index (χ1v) is 6.51. The van der Waals surface area contributed by atoms with E-state index in [0.717, 1.165) is 12.1 Å². The topological polar surface area (TPSA) is 79.2 Å². The molecule has 0 aliphatic carbocycles. The summed E-state index contributed by atoms with van der Waals surface area (Å²) in [7, 11) is 0. The molecule has 0 unspecified atom stereocenters. The second-order valence-corrected chi connectivity index (χ2v) is 4.35. The zero-order chi connectivity index (χ0) is 14.4. The van der Waals surface area contributed by atoms with E-state index in [1.807, 2.05) is 24.3 Å². The molecule has 1 aromatic heterocycles. The van der Waals surface area contributed by atoms with Gasteiger partial charge in [-0.1, -0.05) is 19.1 Å². The van der Waals surface area contributed by atoms with Crippen molar-refractivity contribution in [3.63, 3.8) is 0 Å². The smallest absolute Gasteiger partial charge is 0.323 e. The van der Waals surface area contributed by atoms with Crippen LogP contribution in [0.1, 0.15) is 12.5 Å². The van der Waals surface area contributed by atoms with Gasteiger partial charge in [0.2, 0.25) is 0 Å². The third-order valence-electron chi connectivity index (χ3n) is 2.81. The molecule has 3 N–H and O–H groups in total. The van der Waals surface area contributed by atoms with Crippen LogP contribution in [0.25, 0.3) is 0 Å². The van der Waals surface area contributed by atoms with Crippen molar-refractivity contribution < 1.29 is 9.90 Å². The van der Waals surface area contributed by atoms with E-state index in [4.69, 9.17) is 5.11 Å². The van der Waals surface area contributed by atoms with Crippen molar-refractivity contribution in [3.05, 3.63) is 42.2 Å². The highest BCUT2D eigenvalue weighted by Crippen LogP contribution is 2.12. The van der Waals surface area contributed by atoms with E-state index in [1.54, 1.807) is 10.9 Å². The molecule has 0 saturated carbocycles. The van der Waals surface area contributed by atoms with Gasteiger partial charge in [0.15, 0.2) is 0 Å². The van der Waals surface area contributed by atoms with Crippen molar-refractivity contribution in [1.29, 1.82) is 0 Å². The lowest BCUT2D eigenvalue weighted by molar-refractivity contribution is 0.262. The number of anilines is 2. The average Bonchev–Trinajstić information content (AvgIpc) is 2.86. The van der Waals surface area contributed by atoms with E-state index in [0.29, 0.717) is 12.2 Å². The molecule has 0 atom stereocenters. The van der Waals surface area contributed by atoms with E-state index >= 15 is 0 Å². The number of nitrogens with one attached hydrogen (secondary N) is 2. The molecule has 106 valence electrons. The lowest BCUT2D eigenvalue weighted by atomic mass is 10.1. The van der Waals surface area contributed by atoms with E-state index in [9.17, 15) is 4.79 Å². The van der Waals surface area contributed by atoms with Crippen LogP contribution in [0.5, 0.6) is 0 Å². The van der Waals surface area contributed by atoms with E-state index < -0.39 is 0 Å². The third-order valence-corrected chi connectivity index (χ3v) is 2.81. The molecule has 0 fully saturated rings. The Balaban J connectivity index is 1.94. The maximum absolute atomic E-state index is 11.8. The van der Waals surface area contributed by atoms with Gasteiger partial charge in [-0.3, -0.25) is 4.68 Å². The number of urea groups is 1. The van der Waals surface area contributed by atoms with Gasteiger partial charge in [0, 0.05) is 11.9 Å². The van der Waals surface area contributed by atoms with Crippen molar-refractivity contribution in [1.82, 2.24) is 9.78 Å². The third kappa shape index (κ3) is 3.83. The van der Waals surface area contributed by atoms with E-state index in [2.05, 4.69) is 22.7 Å². The number of amides is 2. The Hall–Kier alpha value is -2.34. The Morgan fingerprint density at radius 3 is 2.90 bits per heavy atom. The number of aliphatic hydroxyl groups is 1. The first-order valence-electron chi connectivity index (χ1n) is 6.51. The fourth-order valence-electron chi connectivity index (χ4n) is 1.82. The maximum Gasteiger partial charge on any atom is 0.323 e. The maximum atomic E-state index is 11.8. The first-order chi connectivity index (χ1) is 9.71. The Morgan fingerprint density at radius 1 is 1.35 bits per heavy atom. The number of hydrogen-bond acceptors (Lipinski definition) is 3. The summed E-state index contributed by atoms with van der Waals surface area (Å²) in [4.78, 5) is 11.8. The minimum absolute atomic E-state index is 0.0110. The number of carbonyl (C=O) groups is 1. The van der Waals surface area contributed by atoms with Crippen LogP contribution in [-0.4, -0.2) is 27.5 Å². The minimum Gasteiger partial charge on any atom is -0.394 e. The van der Waals surface area contributed by atoms with E-state index in [1.165, 1.54) is 11.8 Å². The SMILES string of the molecule is CCc1cccc(NC(=O)Nc2cnn(CCO)c2)c1. The molecule has 1 heterocycles. The molecule has 2 amide bonds. The number of hydrogen-bond donors (Lipinski definition) is 3. The van der Waals surface area contributed by atoms with Crippen LogP contribution >= 0.6 is 0 Å². The predicted molar refractivity (Wildman–Crippen MR) is 77.8 cm³/mol. The molecule has 1 aromatic carbocycles. The molecule has 0 saturated heterocycles. The summed E-state index contributed by atoms with van der Waals surface area (Å²) in [5.41, 5.74) is 2.51. The average molecular weight is 274 g/mol. The zero-order valence-electron chi connectivity index (χ0n) is 11.3. The van der Waals surface area contributed by atoms with Crippen LogP contribution in [0.2, 0.25) is 0 Å². The Bertz CT molecular complexity index is 580. The summed E-state index contributed by atoms with van der Waals surface area (Å²) < 4.78 is 1.56. The molecule has 0 aliphatic heterocycles. The van der Waals surface area contributed by atoms with Gasteiger partial charge < -0.3 is 15.7 Å². The quantitative estimate of drug-likeness (QED) is 0.781. The number of aliphatic hydroxyl groups excluding tert-OH is 1. The summed E-state index contributed by atoms with van der Waals surface area (Å²) in [6, 6.07) is 7.39. The molecule has 0 aliphatic rings. The summed E-state index contributed by atoms with van der Waals surface area (Å²) in [5.74, 6) is 0. The molecule has 0 spiro atoms. The number of benzene rings is 1. The minimum atomic E-state index is -0.318. The summed E-state index contributed by atoms with van der Waals surface area (Å²) in [5, 5.41) is 18.3. The number of aryl methyl sites for hydroxylation is 1. The highest BCUT2D eigenvalue weighted by atomic mass is 16.3. The molecule has 6 nitrogen and oxygen atoms in total. The van der Waals surface area contributed by atoms with Gasteiger partial charge in [0.1, 0.15) is 0 Å². The molecular weight excluding hydrogens is 256 g/mol. The van der Waals surface area contributed by atoms with Crippen molar-refractivity contribution in [3.8, 4) is 0 Å². The van der Waals surface area contributed by atoms with Gasteiger partial charge in [-0.15, -0.1) is 0 Å². The lowest BCUT2D eigenvalue weighted by Crippen LogP contribution is -2.19. The van der Waals surface area contributed by atoms with Gasteiger partial charge in [-0.25, -0.2) is 4.79 Å². The van der Waals surface area contributed by atoms with Crippen molar-refractivity contribution in [2.75, 3.05) is 17.2 Å². The Labute approximate surface area is 117 Å². The highest BCUT2D eigenvalue weighted by Gasteiger charge is 2.05. The summed E-state index contributed by atoms with van der Waals surface area (Å²) in [6.07, 6.45) is 4.13. The number of aromatic nitrogens is 2. The normalized spacial score (nSPS) is 10.3. The van der Waals surface area contributed by atoms with Gasteiger partial charge >= 0.3 is 6.03 Å². The lowest BCUT2D eigenvalue weighted by Gasteiger charge is -2.07. The molecule has 20 heavy (non-hydrogen) atoms. The van der Waals surface area contributed by atoms with Crippen LogP contribution in [0.15, 0.2) is 36.7 Å². The van der Waals surface area contributed by atoms with Crippen LogP contribution in [-0.2, 0) is 13.0 Å².